The van der Waals surface area contributed by atoms with E-state index >= 15 is 0 Å². The minimum absolute atomic E-state index is 0.117. The number of benzene rings is 1. The Hall–Kier alpha value is -1.95. The molecule has 0 aliphatic carbocycles. The maximum atomic E-state index is 12.2. The molecule has 2 amide bonds. The number of amides is 2. The Morgan fingerprint density at radius 1 is 1.45 bits per heavy atom. The van der Waals surface area contributed by atoms with E-state index in [9.17, 15) is 9.59 Å². The van der Waals surface area contributed by atoms with Crippen molar-refractivity contribution in [3.8, 4) is 5.75 Å². The molecule has 1 aliphatic rings. The quantitative estimate of drug-likeness (QED) is 0.674. The van der Waals surface area contributed by atoms with Crippen LogP contribution in [0.5, 0.6) is 5.75 Å². The predicted molar refractivity (Wildman–Crippen MR) is 79.6 cm³/mol. The lowest BCUT2D eigenvalue weighted by Crippen LogP contribution is -2.32. The van der Waals surface area contributed by atoms with Crippen molar-refractivity contribution in [2.75, 3.05) is 11.5 Å². The van der Waals surface area contributed by atoms with Crippen LogP contribution in [0.1, 0.15) is 20.3 Å². The molecule has 0 saturated carbocycles. The number of nitrogens with zero attached hydrogens (tertiary/aromatic N) is 1. The maximum absolute atomic E-state index is 12.2. The van der Waals surface area contributed by atoms with Crippen LogP contribution in [-0.4, -0.2) is 23.4 Å². The molecule has 2 rings (SSSR count). The Balaban J connectivity index is 2.25. The minimum atomic E-state index is -0.660. The molecule has 1 aromatic carbocycles. The van der Waals surface area contributed by atoms with Gasteiger partial charge in [-0.1, -0.05) is 32.1 Å². The minimum Gasteiger partial charge on any atom is -0.486 e. The van der Waals surface area contributed by atoms with Crippen LogP contribution >= 0.6 is 12.2 Å². The number of anilines is 1. The van der Waals surface area contributed by atoms with Gasteiger partial charge in [0.05, 0.1) is 11.1 Å². The third-order valence-electron chi connectivity index (χ3n) is 3.08. The van der Waals surface area contributed by atoms with E-state index in [1.807, 2.05) is 0 Å². The zero-order valence-corrected chi connectivity index (χ0v) is 12.2. The Morgan fingerprint density at radius 2 is 2.15 bits per heavy atom. The maximum Gasteiger partial charge on any atom is 0.239 e. The summed E-state index contributed by atoms with van der Waals surface area (Å²) in [6.45, 7) is 3.65. The van der Waals surface area contributed by atoms with Gasteiger partial charge in [0.2, 0.25) is 11.8 Å². The molecule has 0 bridgehead atoms. The number of hydrogen-bond acceptors (Lipinski definition) is 4. The highest BCUT2D eigenvalue weighted by atomic mass is 32.1. The smallest absolute Gasteiger partial charge is 0.239 e. The van der Waals surface area contributed by atoms with E-state index in [-0.39, 0.29) is 29.8 Å². The van der Waals surface area contributed by atoms with Crippen molar-refractivity contribution in [2.24, 2.45) is 11.1 Å². The fraction of sp³-hybridized carbons (Fsp3) is 0.357. The summed E-state index contributed by atoms with van der Waals surface area (Å²) < 4.78 is 5.37. The first-order valence-corrected chi connectivity index (χ1v) is 6.60. The molecule has 1 aromatic rings. The molecule has 106 valence electrons. The van der Waals surface area contributed by atoms with Gasteiger partial charge in [0.25, 0.3) is 0 Å². The van der Waals surface area contributed by atoms with Crippen LogP contribution in [0, 0.1) is 5.41 Å². The summed E-state index contributed by atoms with van der Waals surface area (Å²) in [5.74, 6) is 0.112. The van der Waals surface area contributed by atoms with Crippen molar-refractivity contribution >= 4 is 34.7 Å². The molecule has 20 heavy (non-hydrogen) atoms. The molecule has 0 aromatic heterocycles. The molecular formula is C14H16N2O3S. The molecule has 1 heterocycles. The molecule has 0 unspecified atom stereocenters. The van der Waals surface area contributed by atoms with Gasteiger partial charge in [0.15, 0.2) is 0 Å². The van der Waals surface area contributed by atoms with Crippen molar-refractivity contribution in [1.82, 2.24) is 0 Å². The third kappa shape index (κ3) is 2.80. The van der Waals surface area contributed by atoms with Crippen molar-refractivity contribution in [1.29, 1.82) is 0 Å². The molecule has 1 saturated heterocycles. The van der Waals surface area contributed by atoms with Gasteiger partial charge < -0.3 is 10.5 Å². The molecular weight excluding hydrogens is 276 g/mol. The third-order valence-corrected chi connectivity index (χ3v) is 3.20. The summed E-state index contributed by atoms with van der Waals surface area (Å²) >= 11 is 4.74. The van der Waals surface area contributed by atoms with Crippen molar-refractivity contribution < 1.29 is 14.3 Å². The summed E-state index contributed by atoms with van der Waals surface area (Å²) in [5.41, 5.74) is 5.21. The number of imide groups is 1. The second kappa shape index (κ2) is 5.20. The van der Waals surface area contributed by atoms with Gasteiger partial charge in [-0.2, -0.15) is 0 Å². The van der Waals surface area contributed by atoms with Gasteiger partial charge in [-0.15, -0.1) is 0 Å². The average Bonchev–Trinajstić information content (AvgIpc) is 2.56. The van der Waals surface area contributed by atoms with Crippen molar-refractivity contribution in [3.05, 3.63) is 24.3 Å². The van der Waals surface area contributed by atoms with Crippen LogP contribution in [0.3, 0.4) is 0 Å². The zero-order valence-electron chi connectivity index (χ0n) is 11.4. The van der Waals surface area contributed by atoms with Gasteiger partial charge in [0, 0.05) is 12.5 Å². The van der Waals surface area contributed by atoms with Gasteiger partial charge in [-0.3, -0.25) is 9.59 Å². The second-order valence-electron chi connectivity index (χ2n) is 5.35. The first-order valence-electron chi connectivity index (χ1n) is 6.20. The number of thiocarbonyl (C=S) groups is 1. The van der Waals surface area contributed by atoms with Crippen molar-refractivity contribution in [2.45, 2.75) is 20.3 Å². The van der Waals surface area contributed by atoms with Gasteiger partial charge in [-0.25, -0.2) is 4.90 Å². The predicted octanol–water partition coefficient (Wildman–Crippen LogP) is 1.64. The molecule has 1 aliphatic heterocycles. The highest BCUT2D eigenvalue weighted by Gasteiger charge is 2.45. The first-order chi connectivity index (χ1) is 9.31. The Bertz CT molecular complexity index is 584. The lowest BCUT2D eigenvalue weighted by molar-refractivity contribution is -0.124. The van der Waals surface area contributed by atoms with E-state index in [0.717, 1.165) is 0 Å². The highest BCUT2D eigenvalue weighted by molar-refractivity contribution is 7.80. The van der Waals surface area contributed by atoms with Crippen LogP contribution < -0.4 is 15.4 Å². The molecule has 5 nitrogen and oxygen atoms in total. The number of ether oxygens (including phenoxy) is 1. The topological polar surface area (TPSA) is 72.6 Å². The van der Waals surface area contributed by atoms with E-state index in [2.05, 4.69) is 0 Å². The molecule has 6 heteroatoms. The first kappa shape index (κ1) is 14.5. The fourth-order valence-electron chi connectivity index (χ4n) is 2.08. The van der Waals surface area contributed by atoms with E-state index in [0.29, 0.717) is 11.4 Å². The number of rotatable bonds is 4. The van der Waals surface area contributed by atoms with Crippen LogP contribution in [0.4, 0.5) is 5.69 Å². The van der Waals surface area contributed by atoms with Gasteiger partial charge >= 0.3 is 0 Å². The van der Waals surface area contributed by atoms with Crippen molar-refractivity contribution in [3.63, 3.8) is 0 Å². The van der Waals surface area contributed by atoms with E-state index in [1.165, 1.54) is 4.90 Å². The normalized spacial score (nSPS) is 17.4. The number of nitrogens with two attached hydrogens (primary N) is 1. The van der Waals surface area contributed by atoms with Crippen LogP contribution in [0.25, 0.3) is 0 Å². The van der Waals surface area contributed by atoms with Crippen LogP contribution in [-0.2, 0) is 9.59 Å². The highest BCUT2D eigenvalue weighted by Crippen LogP contribution is 2.35. The monoisotopic (exact) mass is 292 g/mol. The average molecular weight is 292 g/mol. The lowest BCUT2D eigenvalue weighted by atomic mass is 9.92. The molecule has 1 fully saturated rings. The standard InChI is InChI=1S/C14H16N2O3S/c1-14(2)7-12(17)16(13(14)18)9-4-3-5-10(6-9)19-8-11(15)20/h3-6H,7-8H2,1-2H3,(H2,15,20). The summed E-state index contributed by atoms with van der Waals surface area (Å²) in [7, 11) is 0. The Labute approximate surface area is 122 Å². The Kier molecular flexibility index (Phi) is 3.76. The number of carbonyl (C=O) groups is 2. The lowest BCUT2D eigenvalue weighted by Gasteiger charge is -2.18. The zero-order chi connectivity index (χ0) is 14.9. The fourth-order valence-corrected chi connectivity index (χ4v) is 2.14. The molecule has 2 N–H and O–H groups in total. The molecule has 0 spiro atoms. The van der Waals surface area contributed by atoms with Gasteiger partial charge in [0.1, 0.15) is 17.3 Å². The van der Waals surface area contributed by atoms with E-state index < -0.39 is 5.41 Å². The number of carbonyl (C=O) groups excluding carboxylic acids is 2. The van der Waals surface area contributed by atoms with Gasteiger partial charge in [-0.05, 0) is 12.1 Å². The summed E-state index contributed by atoms with van der Waals surface area (Å²) in [4.78, 5) is 25.7. The Morgan fingerprint density at radius 3 is 2.70 bits per heavy atom. The van der Waals surface area contributed by atoms with Crippen LogP contribution in [0.15, 0.2) is 24.3 Å². The summed E-state index contributed by atoms with van der Waals surface area (Å²) in [5, 5.41) is 0. The largest absolute Gasteiger partial charge is 0.486 e. The summed E-state index contributed by atoms with van der Waals surface area (Å²) in [6.07, 6.45) is 0.212. The summed E-state index contributed by atoms with van der Waals surface area (Å²) in [6, 6.07) is 6.77. The second-order valence-corrected chi connectivity index (χ2v) is 5.87. The SMILES string of the molecule is CC1(C)CC(=O)N(c2cccc(OCC(N)=S)c2)C1=O. The van der Waals surface area contributed by atoms with E-state index in [1.54, 1.807) is 38.1 Å². The molecule has 0 atom stereocenters. The van der Waals surface area contributed by atoms with E-state index in [4.69, 9.17) is 22.7 Å². The number of hydrogen-bond donors (Lipinski definition) is 1. The van der Waals surface area contributed by atoms with Crippen LogP contribution in [0.2, 0.25) is 0 Å². The molecule has 0 radical (unpaired) electrons.